The van der Waals surface area contributed by atoms with Gasteiger partial charge in [0.15, 0.2) is 0 Å². The minimum atomic E-state index is 0. The van der Waals surface area contributed by atoms with Gasteiger partial charge in [0.05, 0.1) is 19.8 Å². The molecular formula is C29H68N6O3. The van der Waals surface area contributed by atoms with Crippen LogP contribution in [-0.4, -0.2) is 147 Å². The van der Waals surface area contributed by atoms with E-state index in [1.807, 2.05) is 0 Å². The first-order valence-corrected chi connectivity index (χ1v) is 14.4. The highest BCUT2D eigenvalue weighted by Crippen LogP contribution is 2.05. The van der Waals surface area contributed by atoms with Crippen molar-refractivity contribution in [1.29, 1.82) is 0 Å². The molecule has 232 valence electrons. The molecule has 6 N–H and O–H groups in total. The van der Waals surface area contributed by atoms with Crippen molar-refractivity contribution in [2.75, 3.05) is 98.4 Å². The number of hydrogen-bond donors (Lipinski definition) is 6. The molecule has 3 atom stereocenters. The summed E-state index contributed by atoms with van der Waals surface area (Å²) in [5.41, 5.74) is 0. The number of aliphatic hydroxyl groups excluding tert-OH is 3. The molecule has 0 saturated carbocycles. The lowest BCUT2D eigenvalue weighted by atomic mass is 10.1. The monoisotopic (exact) mass is 549 g/mol. The van der Waals surface area contributed by atoms with Crippen LogP contribution in [-0.2, 0) is 0 Å². The lowest BCUT2D eigenvalue weighted by molar-refractivity contribution is 0.138. The van der Waals surface area contributed by atoms with Gasteiger partial charge in [-0.05, 0) is 17.8 Å². The van der Waals surface area contributed by atoms with Crippen LogP contribution in [0.3, 0.4) is 0 Å². The van der Waals surface area contributed by atoms with E-state index < -0.39 is 0 Å². The van der Waals surface area contributed by atoms with Gasteiger partial charge in [-0.15, -0.1) is 0 Å². The third-order valence-electron chi connectivity index (χ3n) is 6.55. The van der Waals surface area contributed by atoms with Gasteiger partial charge in [-0.2, -0.15) is 0 Å². The van der Waals surface area contributed by atoms with Gasteiger partial charge in [-0.3, -0.25) is 0 Å². The van der Waals surface area contributed by atoms with Gasteiger partial charge in [-0.1, -0.05) is 56.4 Å². The predicted octanol–water partition coefficient (Wildman–Crippen LogP) is 0.998. The zero-order valence-corrected chi connectivity index (χ0v) is 24.3. The predicted molar refractivity (Wildman–Crippen MR) is 164 cm³/mol. The van der Waals surface area contributed by atoms with E-state index in [1.54, 1.807) is 0 Å². The average Bonchev–Trinajstić information content (AvgIpc) is 2.84. The zero-order valence-electron chi connectivity index (χ0n) is 24.3. The summed E-state index contributed by atoms with van der Waals surface area (Å²) in [6.07, 6.45) is 0. The summed E-state index contributed by atoms with van der Waals surface area (Å²) in [7, 11) is 0. The highest BCUT2D eigenvalue weighted by Gasteiger charge is 2.20. The number of nitrogens with one attached hydrogen (secondary N) is 3. The van der Waals surface area contributed by atoms with Crippen molar-refractivity contribution in [2.24, 2.45) is 17.8 Å². The van der Waals surface area contributed by atoms with Crippen molar-refractivity contribution in [2.45, 2.75) is 74.5 Å². The second kappa shape index (κ2) is 23.4. The van der Waals surface area contributed by atoms with Gasteiger partial charge in [0, 0.05) is 96.7 Å². The third kappa shape index (κ3) is 18.8. The van der Waals surface area contributed by atoms with E-state index in [0.717, 1.165) is 96.3 Å². The summed E-state index contributed by atoms with van der Waals surface area (Å²) >= 11 is 0. The molecule has 3 saturated heterocycles. The zero-order chi connectivity index (χ0) is 26.9. The average molecular weight is 549 g/mol. The van der Waals surface area contributed by atoms with Crippen LogP contribution in [0.1, 0.15) is 56.4 Å². The van der Waals surface area contributed by atoms with Gasteiger partial charge >= 0.3 is 0 Å². The van der Waals surface area contributed by atoms with E-state index in [2.05, 4.69) is 72.2 Å². The summed E-state index contributed by atoms with van der Waals surface area (Å²) in [6, 6.07) is 0.868. The molecule has 1 unspecified atom stereocenters. The van der Waals surface area contributed by atoms with Gasteiger partial charge in [0.1, 0.15) is 0 Å². The fourth-order valence-corrected chi connectivity index (χ4v) is 5.10. The lowest BCUT2D eigenvalue weighted by Crippen LogP contribution is -2.52. The Morgan fingerprint density at radius 1 is 0.526 bits per heavy atom. The van der Waals surface area contributed by atoms with Crippen LogP contribution in [0.15, 0.2) is 0 Å². The summed E-state index contributed by atoms with van der Waals surface area (Å²) in [5, 5.41) is 36.7. The second-order valence-corrected chi connectivity index (χ2v) is 12.0. The molecular weight excluding hydrogens is 480 g/mol. The topological polar surface area (TPSA) is 106 Å². The summed E-state index contributed by atoms with van der Waals surface area (Å²) < 4.78 is 0. The maximum Gasteiger partial charge on any atom is 0.0597 e. The Morgan fingerprint density at radius 3 is 0.947 bits per heavy atom. The minimum absolute atomic E-state index is 0. The minimum Gasteiger partial charge on any atom is -0.395 e. The highest BCUT2D eigenvalue weighted by molar-refractivity contribution is 4.79. The second-order valence-electron chi connectivity index (χ2n) is 12.0. The first-order valence-electron chi connectivity index (χ1n) is 14.4. The fourth-order valence-electron chi connectivity index (χ4n) is 5.10. The molecule has 3 aliphatic heterocycles. The van der Waals surface area contributed by atoms with Crippen molar-refractivity contribution in [3.63, 3.8) is 0 Å². The molecule has 0 aliphatic carbocycles. The van der Waals surface area contributed by atoms with E-state index in [0.29, 0.717) is 0 Å². The number of piperazine rings is 3. The van der Waals surface area contributed by atoms with E-state index >= 15 is 0 Å². The Kier molecular flexibility index (Phi) is 24.5. The lowest BCUT2D eigenvalue weighted by Gasteiger charge is -2.33. The van der Waals surface area contributed by atoms with E-state index in [9.17, 15) is 0 Å². The third-order valence-corrected chi connectivity index (χ3v) is 6.55. The fraction of sp³-hybridized carbons (Fsp3) is 1.00. The maximum absolute atomic E-state index is 8.95. The molecule has 0 radical (unpaired) electrons. The number of rotatable bonds is 9. The summed E-state index contributed by atoms with van der Waals surface area (Å²) in [6.45, 7) is 27.0. The van der Waals surface area contributed by atoms with Gasteiger partial charge < -0.3 is 46.0 Å². The highest BCUT2D eigenvalue weighted by atomic mass is 16.3. The Labute approximate surface area is 236 Å². The van der Waals surface area contributed by atoms with Crippen LogP contribution in [0.25, 0.3) is 0 Å². The number of nitrogens with zero attached hydrogens (tertiary/aromatic N) is 3. The molecule has 3 aliphatic rings. The smallest absolute Gasteiger partial charge is 0.0597 e. The Balaban J connectivity index is 0. The van der Waals surface area contributed by atoms with E-state index in [-0.39, 0.29) is 52.8 Å². The van der Waals surface area contributed by atoms with Crippen molar-refractivity contribution in [1.82, 2.24) is 30.7 Å². The van der Waals surface area contributed by atoms with Crippen LogP contribution in [0.2, 0.25) is 0 Å². The van der Waals surface area contributed by atoms with Crippen molar-refractivity contribution >= 4 is 0 Å². The van der Waals surface area contributed by atoms with Crippen LogP contribution in [0.4, 0.5) is 0 Å². The molecule has 38 heavy (non-hydrogen) atoms. The number of hydrogen-bond acceptors (Lipinski definition) is 9. The molecule has 3 heterocycles. The van der Waals surface area contributed by atoms with Crippen LogP contribution >= 0.6 is 0 Å². The van der Waals surface area contributed by atoms with Crippen molar-refractivity contribution < 1.29 is 15.3 Å². The molecule has 0 aromatic heterocycles. The molecule has 0 aromatic rings. The molecule has 9 heteroatoms. The maximum atomic E-state index is 8.95. The van der Waals surface area contributed by atoms with E-state index in [4.69, 9.17) is 15.3 Å². The first kappa shape index (κ1) is 39.8. The van der Waals surface area contributed by atoms with Crippen molar-refractivity contribution in [3.8, 4) is 0 Å². The van der Waals surface area contributed by atoms with Crippen molar-refractivity contribution in [3.05, 3.63) is 0 Å². The van der Waals surface area contributed by atoms with Gasteiger partial charge in [0.25, 0.3) is 0 Å². The van der Waals surface area contributed by atoms with Crippen LogP contribution < -0.4 is 16.0 Å². The Hall–Kier alpha value is -0.360. The SMILES string of the molecule is C.C.CC(C)CN1CCNC(CO)C1.CC(C)CN1CCN[C@@H](CO)C1.CC(C)CN1CCN[C@H](CO)C1. The van der Waals surface area contributed by atoms with E-state index in [1.165, 1.54) is 0 Å². The largest absolute Gasteiger partial charge is 0.395 e. The molecule has 3 rings (SSSR count). The molecule has 0 amide bonds. The molecule has 0 spiro atoms. The molecule has 0 aromatic carbocycles. The van der Waals surface area contributed by atoms with Crippen LogP contribution in [0, 0.1) is 17.8 Å². The molecule has 9 nitrogen and oxygen atoms in total. The standard InChI is InChI=1S/3C9H20N2O.2CH4/c3*1-8(2)5-11-4-3-10-9(6-11)7-12;;/h3*8-10,12H,3-7H2,1-2H3;2*1H4/t2*9-;;;/m10.../s1. The first-order chi connectivity index (χ1) is 17.2. The van der Waals surface area contributed by atoms with Crippen LogP contribution in [0.5, 0.6) is 0 Å². The number of aliphatic hydroxyl groups is 3. The Morgan fingerprint density at radius 2 is 0.763 bits per heavy atom. The Bertz CT molecular complexity index is 455. The normalized spacial score (nSPS) is 25.1. The molecule has 0 bridgehead atoms. The van der Waals surface area contributed by atoms with Gasteiger partial charge in [0.2, 0.25) is 0 Å². The summed E-state index contributed by atoms with van der Waals surface area (Å²) in [4.78, 5) is 7.26. The quantitative estimate of drug-likeness (QED) is 0.252. The van der Waals surface area contributed by atoms with Gasteiger partial charge in [-0.25, -0.2) is 0 Å². The summed E-state index contributed by atoms with van der Waals surface area (Å²) in [5.74, 6) is 2.17. The molecule has 3 fully saturated rings.